The van der Waals surface area contributed by atoms with Crippen LogP contribution in [0, 0.1) is 34.5 Å². The minimum Gasteiger partial charge on any atom is -0.392 e. The van der Waals surface area contributed by atoms with Crippen LogP contribution in [0.1, 0.15) is 72.1 Å². The highest BCUT2D eigenvalue weighted by Gasteiger charge is 2.59. The fourth-order valence-electron chi connectivity index (χ4n) is 7.04. The van der Waals surface area contributed by atoms with Crippen molar-refractivity contribution < 1.29 is 5.11 Å². The Morgan fingerprint density at radius 1 is 1.14 bits per heavy atom. The normalized spacial score (nSPS) is 56.2. The second kappa shape index (κ2) is 4.60. The van der Waals surface area contributed by atoms with Crippen LogP contribution in [-0.2, 0) is 0 Å². The summed E-state index contributed by atoms with van der Waals surface area (Å²) < 4.78 is 0. The number of hydrogen-bond acceptors (Lipinski definition) is 1. The predicted molar refractivity (Wildman–Crippen MR) is 86.9 cm³/mol. The van der Waals surface area contributed by atoms with Crippen molar-refractivity contribution in [3.05, 3.63) is 11.6 Å². The average Bonchev–Trinajstić information content (AvgIpc) is 2.70. The molecule has 0 aromatic heterocycles. The highest BCUT2D eigenvalue weighted by atomic mass is 16.3. The molecule has 0 radical (unpaired) electrons. The quantitative estimate of drug-likeness (QED) is 0.626. The van der Waals surface area contributed by atoms with E-state index in [1.807, 2.05) is 0 Å². The van der Waals surface area contributed by atoms with Crippen LogP contribution in [0.5, 0.6) is 0 Å². The van der Waals surface area contributed by atoms with Gasteiger partial charge in [-0.15, -0.1) is 0 Å². The van der Waals surface area contributed by atoms with Crippen molar-refractivity contribution in [1.82, 2.24) is 0 Å². The SMILES string of the molecule is C[C@@H]1C[C@H]2[C@@H]3CC=C4CCCC[C@]4(C)[C@H]3CC[C@]2(C)[C@H]1O. The molecule has 7 atom stereocenters. The van der Waals surface area contributed by atoms with Crippen molar-refractivity contribution in [2.75, 3.05) is 0 Å². The van der Waals surface area contributed by atoms with Crippen molar-refractivity contribution in [1.29, 1.82) is 0 Å². The molecule has 118 valence electrons. The Balaban J connectivity index is 1.70. The van der Waals surface area contributed by atoms with E-state index in [0.717, 1.165) is 17.8 Å². The first-order chi connectivity index (χ1) is 9.97. The molecular weight excluding hydrogens is 256 g/mol. The summed E-state index contributed by atoms with van der Waals surface area (Å²) in [6.07, 6.45) is 13.4. The van der Waals surface area contributed by atoms with Gasteiger partial charge in [-0.2, -0.15) is 0 Å². The van der Waals surface area contributed by atoms with Crippen LogP contribution in [-0.4, -0.2) is 11.2 Å². The van der Waals surface area contributed by atoms with Gasteiger partial charge in [0.25, 0.3) is 0 Å². The molecule has 0 saturated heterocycles. The Hall–Kier alpha value is -0.300. The lowest BCUT2D eigenvalue weighted by Crippen LogP contribution is -2.50. The predicted octanol–water partition coefficient (Wildman–Crippen LogP) is 4.95. The molecule has 0 aromatic rings. The molecule has 4 aliphatic carbocycles. The Morgan fingerprint density at radius 3 is 2.76 bits per heavy atom. The molecule has 0 amide bonds. The van der Waals surface area contributed by atoms with Crippen molar-refractivity contribution in [3.63, 3.8) is 0 Å². The summed E-state index contributed by atoms with van der Waals surface area (Å²) in [5.74, 6) is 3.00. The van der Waals surface area contributed by atoms with Crippen LogP contribution in [0.3, 0.4) is 0 Å². The van der Waals surface area contributed by atoms with E-state index in [1.54, 1.807) is 5.57 Å². The molecule has 21 heavy (non-hydrogen) atoms. The monoisotopic (exact) mass is 288 g/mol. The van der Waals surface area contributed by atoms with Gasteiger partial charge in [0, 0.05) is 0 Å². The Bertz CT molecular complexity index is 466. The summed E-state index contributed by atoms with van der Waals surface area (Å²) in [6.45, 7) is 7.24. The molecule has 3 saturated carbocycles. The van der Waals surface area contributed by atoms with Gasteiger partial charge in [-0.3, -0.25) is 0 Å². The fourth-order valence-corrected chi connectivity index (χ4v) is 7.04. The van der Waals surface area contributed by atoms with Gasteiger partial charge in [0.1, 0.15) is 0 Å². The van der Waals surface area contributed by atoms with Gasteiger partial charge in [-0.05, 0) is 79.4 Å². The van der Waals surface area contributed by atoms with E-state index in [4.69, 9.17) is 0 Å². The number of rotatable bonds is 0. The van der Waals surface area contributed by atoms with Crippen molar-refractivity contribution in [3.8, 4) is 0 Å². The highest BCUT2D eigenvalue weighted by Crippen LogP contribution is 2.65. The van der Waals surface area contributed by atoms with Crippen LogP contribution in [0.2, 0.25) is 0 Å². The lowest BCUT2D eigenvalue weighted by atomic mass is 9.48. The number of allylic oxidation sites excluding steroid dienone is 2. The molecule has 1 nitrogen and oxygen atoms in total. The van der Waals surface area contributed by atoms with Crippen LogP contribution in [0.25, 0.3) is 0 Å². The van der Waals surface area contributed by atoms with E-state index in [2.05, 4.69) is 26.8 Å². The second-order valence-electron chi connectivity index (χ2n) is 9.17. The van der Waals surface area contributed by atoms with E-state index in [9.17, 15) is 5.11 Å². The second-order valence-corrected chi connectivity index (χ2v) is 9.17. The molecule has 1 N–H and O–H groups in total. The van der Waals surface area contributed by atoms with E-state index >= 15 is 0 Å². The lowest BCUT2D eigenvalue weighted by Gasteiger charge is -2.57. The van der Waals surface area contributed by atoms with Gasteiger partial charge in [0.2, 0.25) is 0 Å². The number of aliphatic hydroxyl groups is 1. The lowest BCUT2D eigenvalue weighted by molar-refractivity contribution is -0.0698. The maximum absolute atomic E-state index is 10.7. The molecule has 0 spiro atoms. The molecule has 0 heterocycles. The van der Waals surface area contributed by atoms with Crippen molar-refractivity contribution in [2.45, 2.75) is 78.2 Å². The minimum absolute atomic E-state index is 0.0620. The van der Waals surface area contributed by atoms with E-state index in [0.29, 0.717) is 11.3 Å². The van der Waals surface area contributed by atoms with Crippen LogP contribution in [0.4, 0.5) is 0 Å². The zero-order chi connectivity index (χ0) is 14.8. The zero-order valence-corrected chi connectivity index (χ0v) is 14.1. The topological polar surface area (TPSA) is 20.2 Å². The van der Waals surface area contributed by atoms with Crippen molar-refractivity contribution >= 4 is 0 Å². The van der Waals surface area contributed by atoms with Gasteiger partial charge in [0.15, 0.2) is 0 Å². The van der Waals surface area contributed by atoms with Crippen LogP contribution >= 0.6 is 0 Å². The number of fused-ring (bicyclic) bond motifs is 5. The molecule has 4 rings (SSSR count). The molecule has 4 aliphatic rings. The third-order valence-corrected chi connectivity index (χ3v) is 8.30. The summed E-state index contributed by atoms with van der Waals surface area (Å²) >= 11 is 0. The Morgan fingerprint density at radius 2 is 1.95 bits per heavy atom. The maximum atomic E-state index is 10.7. The highest BCUT2D eigenvalue weighted by molar-refractivity contribution is 5.24. The van der Waals surface area contributed by atoms with Crippen LogP contribution in [0.15, 0.2) is 11.6 Å². The zero-order valence-electron chi connectivity index (χ0n) is 14.1. The minimum atomic E-state index is -0.0620. The van der Waals surface area contributed by atoms with Gasteiger partial charge >= 0.3 is 0 Å². The number of hydrogen-bond donors (Lipinski definition) is 1. The average molecular weight is 288 g/mol. The summed E-state index contributed by atoms with van der Waals surface area (Å²) in [6, 6.07) is 0. The third kappa shape index (κ3) is 1.79. The smallest absolute Gasteiger partial charge is 0.0622 e. The standard InChI is InChI=1S/C20H32O/c1-13-12-17-15-8-7-14-6-4-5-10-19(14,2)16(15)9-11-20(17,3)18(13)21/h7,13,15-18,21H,4-6,8-12H2,1-3H3/t13-,15-,16+,17+,18+,19+,20+/m1/s1. The van der Waals surface area contributed by atoms with Crippen LogP contribution < -0.4 is 0 Å². The van der Waals surface area contributed by atoms with Crippen molar-refractivity contribution in [2.24, 2.45) is 34.5 Å². The summed E-state index contributed by atoms with van der Waals surface area (Å²) in [5, 5.41) is 10.7. The molecule has 0 aliphatic heterocycles. The van der Waals surface area contributed by atoms with E-state index < -0.39 is 0 Å². The summed E-state index contributed by atoms with van der Waals surface area (Å²) in [5.41, 5.74) is 2.50. The maximum Gasteiger partial charge on any atom is 0.0622 e. The van der Waals surface area contributed by atoms with E-state index in [-0.39, 0.29) is 11.5 Å². The van der Waals surface area contributed by atoms with Gasteiger partial charge < -0.3 is 5.11 Å². The first-order valence-electron chi connectivity index (χ1n) is 9.34. The fraction of sp³-hybridized carbons (Fsp3) is 0.900. The largest absolute Gasteiger partial charge is 0.392 e. The molecule has 0 aromatic carbocycles. The molecular formula is C20H32O. The van der Waals surface area contributed by atoms with Gasteiger partial charge in [-0.1, -0.05) is 38.8 Å². The van der Waals surface area contributed by atoms with Gasteiger partial charge in [0.05, 0.1) is 6.10 Å². The first-order valence-corrected chi connectivity index (χ1v) is 9.34. The Labute approximate surface area is 130 Å². The Kier molecular flexibility index (Phi) is 3.13. The molecule has 0 unspecified atom stereocenters. The first kappa shape index (κ1) is 14.3. The molecule has 3 fully saturated rings. The van der Waals surface area contributed by atoms with E-state index in [1.165, 1.54) is 51.4 Å². The number of aliphatic hydroxyl groups excluding tert-OH is 1. The van der Waals surface area contributed by atoms with Gasteiger partial charge in [-0.25, -0.2) is 0 Å². The third-order valence-electron chi connectivity index (χ3n) is 8.30. The molecule has 0 bridgehead atoms. The summed E-state index contributed by atoms with van der Waals surface area (Å²) in [7, 11) is 0. The molecule has 1 heteroatoms. The summed E-state index contributed by atoms with van der Waals surface area (Å²) in [4.78, 5) is 0.